The molecule has 2 aromatic carbocycles. The fraction of sp³-hybridized carbons (Fsp3) is 0.261. The second-order valence-corrected chi connectivity index (χ2v) is 7.97. The molecule has 7 heteroatoms. The number of carbonyl (C=O) groups is 3. The first-order valence-corrected chi connectivity index (χ1v) is 9.82. The zero-order valence-corrected chi connectivity index (χ0v) is 16.4. The Morgan fingerprint density at radius 2 is 1.70 bits per heavy atom. The largest absolute Gasteiger partial charge is 0.481 e. The van der Waals surface area contributed by atoms with Gasteiger partial charge in [0.2, 0.25) is 11.8 Å². The van der Waals surface area contributed by atoms with Gasteiger partial charge in [0.15, 0.2) is 0 Å². The summed E-state index contributed by atoms with van der Waals surface area (Å²) in [7, 11) is 0. The van der Waals surface area contributed by atoms with Crippen LogP contribution in [0.15, 0.2) is 54.7 Å². The molecular formula is C23H23N3O4. The van der Waals surface area contributed by atoms with E-state index >= 15 is 0 Å². The number of primary amides is 1. The maximum absolute atomic E-state index is 13.3. The summed E-state index contributed by atoms with van der Waals surface area (Å²) in [5.74, 6) is -2.16. The number of aromatic amines is 1. The van der Waals surface area contributed by atoms with Crippen LogP contribution in [0.3, 0.4) is 0 Å². The average molecular weight is 405 g/mol. The van der Waals surface area contributed by atoms with Crippen molar-refractivity contribution < 1.29 is 19.5 Å². The molecule has 1 aliphatic carbocycles. The minimum atomic E-state index is -1.14. The first-order valence-electron chi connectivity index (χ1n) is 9.82. The number of benzene rings is 2. The van der Waals surface area contributed by atoms with Crippen LogP contribution < -0.4 is 11.1 Å². The molecule has 1 aliphatic rings. The van der Waals surface area contributed by atoms with Gasteiger partial charge < -0.3 is 21.1 Å². The molecule has 0 fully saturated rings. The second kappa shape index (κ2) is 7.67. The molecule has 1 unspecified atom stereocenters. The van der Waals surface area contributed by atoms with Crippen molar-refractivity contribution in [1.82, 2.24) is 10.3 Å². The van der Waals surface area contributed by atoms with Gasteiger partial charge in [0.25, 0.3) is 0 Å². The Morgan fingerprint density at radius 1 is 1.07 bits per heavy atom. The Balaban J connectivity index is 1.58. The van der Waals surface area contributed by atoms with Crippen LogP contribution in [0.5, 0.6) is 0 Å². The van der Waals surface area contributed by atoms with Gasteiger partial charge in [-0.25, -0.2) is 0 Å². The lowest BCUT2D eigenvalue weighted by molar-refractivity contribution is -0.145. The highest BCUT2D eigenvalue weighted by molar-refractivity contribution is 5.93. The van der Waals surface area contributed by atoms with Crippen LogP contribution in [0.25, 0.3) is 10.9 Å². The fourth-order valence-corrected chi connectivity index (χ4v) is 4.40. The molecule has 1 aromatic heterocycles. The van der Waals surface area contributed by atoms with Crippen LogP contribution in [-0.4, -0.2) is 33.9 Å². The minimum Gasteiger partial charge on any atom is -0.481 e. The van der Waals surface area contributed by atoms with Crippen molar-refractivity contribution in [3.63, 3.8) is 0 Å². The number of H-pyrrole nitrogens is 1. The van der Waals surface area contributed by atoms with Gasteiger partial charge in [0.1, 0.15) is 6.04 Å². The first kappa shape index (κ1) is 19.7. The topological polar surface area (TPSA) is 125 Å². The lowest BCUT2D eigenvalue weighted by atomic mass is 9.80. The van der Waals surface area contributed by atoms with Crippen LogP contribution in [0.2, 0.25) is 0 Å². The van der Waals surface area contributed by atoms with Gasteiger partial charge in [-0.1, -0.05) is 42.5 Å². The minimum absolute atomic E-state index is 0.223. The number of aromatic nitrogens is 1. The second-order valence-electron chi connectivity index (χ2n) is 7.97. The molecule has 3 aromatic rings. The number of carboxylic acid groups (broad SMARTS) is 1. The van der Waals surface area contributed by atoms with E-state index in [9.17, 15) is 19.5 Å². The van der Waals surface area contributed by atoms with Gasteiger partial charge in [-0.05, 0) is 35.6 Å². The maximum atomic E-state index is 13.3. The zero-order valence-electron chi connectivity index (χ0n) is 16.4. The van der Waals surface area contributed by atoms with Crippen molar-refractivity contribution in [2.45, 2.75) is 31.7 Å². The third-order valence-corrected chi connectivity index (χ3v) is 5.90. The maximum Gasteiger partial charge on any atom is 0.304 e. The highest BCUT2D eigenvalue weighted by Crippen LogP contribution is 2.40. The van der Waals surface area contributed by atoms with Crippen molar-refractivity contribution in [2.75, 3.05) is 0 Å². The number of fused-ring (bicyclic) bond motifs is 2. The standard InChI is InChI=1S/C23H23N3O4/c24-21(29)19(9-16-13-25-18-8-4-3-7-17(16)18)26-22(30)23(12-20(27)28)10-14-5-1-2-6-15(14)11-23/h1-8,13,19,25H,9-12H2,(H2,24,29)(H,26,30)(H,27,28). The quantitative estimate of drug-likeness (QED) is 0.479. The summed E-state index contributed by atoms with van der Waals surface area (Å²) < 4.78 is 0. The van der Waals surface area contributed by atoms with Crippen LogP contribution in [0.4, 0.5) is 0 Å². The Hall–Kier alpha value is -3.61. The summed E-state index contributed by atoms with van der Waals surface area (Å²) in [4.78, 5) is 40.1. The van der Waals surface area contributed by atoms with Crippen molar-refractivity contribution in [1.29, 1.82) is 0 Å². The Labute approximate surface area is 173 Å². The molecular weight excluding hydrogens is 382 g/mol. The van der Waals surface area contributed by atoms with Gasteiger partial charge in [0, 0.05) is 23.5 Å². The van der Waals surface area contributed by atoms with E-state index in [0.717, 1.165) is 27.6 Å². The van der Waals surface area contributed by atoms with Crippen LogP contribution in [-0.2, 0) is 33.6 Å². The molecule has 0 spiro atoms. The molecule has 2 amide bonds. The predicted molar refractivity (Wildman–Crippen MR) is 112 cm³/mol. The molecule has 0 aliphatic heterocycles. The van der Waals surface area contributed by atoms with Gasteiger partial charge in [0.05, 0.1) is 11.8 Å². The highest BCUT2D eigenvalue weighted by Gasteiger charge is 2.46. The number of hydrogen-bond donors (Lipinski definition) is 4. The molecule has 0 bridgehead atoms. The summed E-state index contributed by atoms with van der Waals surface area (Å²) in [5, 5.41) is 13.2. The molecule has 1 heterocycles. The SMILES string of the molecule is NC(=O)C(Cc1c[nH]c2ccccc12)NC(=O)C1(CC(=O)O)Cc2ccccc2C1. The molecule has 4 rings (SSSR count). The summed E-state index contributed by atoms with van der Waals surface area (Å²) in [6.07, 6.45) is 2.35. The molecule has 0 saturated heterocycles. The van der Waals surface area contributed by atoms with Crippen molar-refractivity contribution >= 4 is 28.7 Å². The van der Waals surface area contributed by atoms with E-state index in [-0.39, 0.29) is 12.8 Å². The Kier molecular flexibility index (Phi) is 5.03. The average Bonchev–Trinajstić information content (AvgIpc) is 3.28. The summed E-state index contributed by atoms with van der Waals surface area (Å²) in [6, 6.07) is 14.3. The summed E-state index contributed by atoms with van der Waals surface area (Å²) in [5.41, 5.74) is 8.16. The lowest BCUT2D eigenvalue weighted by Crippen LogP contribution is -2.52. The normalized spacial score (nSPS) is 15.5. The molecule has 1 atom stereocenters. The van der Waals surface area contributed by atoms with E-state index in [4.69, 9.17) is 5.73 Å². The molecule has 154 valence electrons. The number of hydrogen-bond acceptors (Lipinski definition) is 3. The summed E-state index contributed by atoms with van der Waals surface area (Å²) in [6.45, 7) is 0. The van der Waals surface area contributed by atoms with Crippen molar-refractivity contribution in [3.8, 4) is 0 Å². The molecule has 0 saturated carbocycles. The van der Waals surface area contributed by atoms with Gasteiger partial charge in [-0.15, -0.1) is 0 Å². The molecule has 7 nitrogen and oxygen atoms in total. The number of carboxylic acids is 1. The van der Waals surface area contributed by atoms with E-state index < -0.39 is 29.2 Å². The number of aliphatic carboxylic acids is 1. The van der Waals surface area contributed by atoms with E-state index in [1.54, 1.807) is 6.20 Å². The number of nitrogens with two attached hydrogens (primary N) is 1. The predicted octanol–water partition coefficient (Wildman–Crippen LogP) is 1.94. The van der Waals surface area contributed by atoms with E-state index in [0.29, 0.717) is 12.8 Å². The number of amides is 2. The fourth-order valence-electron chi connectivity index (χ4n) is 4.40. The van der Waals surface area contributed by atoms with E-state index in [1.807, 2.05) is 48.5 Å². The number of para-hydroxylation sites is 1. The van der Waals surface area contributed by atoms with Crippen LogP contribution in [0, 0.1) is 5.41 Å². The van der Waals surface area contributed by atoms with Gasteiger partial charge >= 0.3 is 5.97 Å². The smallest absolute Gasteiger partial charge is 0.304 e. The molecule has 5 N–H and O–H groups in total. The third-order valence-electron chi connectivity index (χ3n) is 5.90. The Morgan fingerprint density at radius 3 is 2.33 bits per heavy atom. The van der Waals surface area contributed by atoms with Gasteiger partial charge in [-0.3, -0.25) is 14.4 Å². The van der Waals surface area contributed by atoms with Crippen molar-refractivity contribution in [3.05, 3.63) is 71.4 Å². The third kappa shape index (κ3) is 3.66. The highest BCUT2D eigenvalue weighted by atomic mass is 16.4. The van der Waals surface area contributed by atoms with Crippen LogP contribution >= 0.6 is 0 Å². The van der Waals surface area contributed by atoms with Crippen molar-refractivity contribution in [2.24, 2.45) is 11.1 Å². The number of rotatable bonds is 7. The zero-order chi connectivity index (χ0) is 21.3. The van der Waals surface area contributed by atoms with E-state index in [2.05, 4.69) is 10.3 Å². The molecule has 30 heavy (non-hydrogen) atoms. The number of nitrogens with one attached hydrogen (secondary N) is 2. The van der Waals surface area contributed by atoms with Gasteiger partial charge in [-0.2, -0.15) is 0 Å². The van der Waals surface area contributed by atoms with E-state index in [1.165, 1.54) is 0 Å². The summed E-state index contributed by atoms with van der Waals surface area (Å²) >= 11 is 0. The first-order chi connectivity index (χ1) is 14.4. The van der Waals surface area contributed by atoms with Crippen LogP contribution in [0.1, 0.15) is 23.1 Å². The lowest BCUT2D eigenvalue weighted by Gasteiger charge is -2.28. The molecule has 0 radical (unpaired) electrons. The Bertz CT molecular complexity index is 1110. The number of carbonyl (C=O) groups excluding carboxylic acids is 2. The monoisotopic (exact) mass is 405 g/mol.